The van der Waals surface area contributed by atoms with Crippen LogP contribution in [0.4, 0.5) is 0 Å². The van der Waals surface area contributed by atoms with Gasteiger partial charge in [0.1, 0.15) is 5.75 Å². The first kappa shape index (κ1) is 14.1. The van der Waals surface area contributed by atoms with Gasteiger partial charge in [-0.3, -0.25) is 4.79 Å². The van der Waals surface area contributed by atoms with Gasteiger partial charge in [-0.1, -0.05) is 32.9 Å². The normalized spacial score (nSPS) is 16.3. The summed E-state index contributed by atoms with van der Waals surface area (Å²) in [6.07, 6.45) is 3.78. The molecule has 1 unspecified atom stereocenters. The van der Waals surface area contributed by atoms with Crippen LogP contribution in [0, 0.1) is 11.8 Å². The Kier molecular flexibility index (Phi) is 4.62. The van der Waals surface area contributed by atoms with Gasteiger partial charge in [0.15, 0.2) is 5.78 Å². The minimum atomic E-state index is 0.266. The summed E-state index contributed by atoms with van der Waals surface area (Å²) in [6.45, 7) is 7.43. The molecule has 2 heteroatoms. The van der Waals surface area contributed by atoms with E-state index in [1.165, 1.54) is 6.42 Å². The van der Waals surface area contributed by atoms with Crippen molar-refractivity contribution in [2.24, 2.45) is 11.8 Å². The second-order valence-corrected chi connectivity index (χ2v) is 6.10. The Balaban J connectivity index is 2.05. The molecular formula is C17H24O2. The van der Waals surface area contributed by atoms with Gasteiger partial charge in [-0.15, -0.1) is 0 Å². The van der Waals surface area contributed by atoms with Gasteiger partial charge in [-0.05, 0) is 37.2 Å². The van der Waals surface area contributed by atoms with Gasteiger partial charge in [0.05, 0.1) is 6.61 Å². The van der Waals surface area contributed by atoms with Crippen molar-refractivity contribution in [1.82, 2.24) is 0 Å². The van der Waals surface area contributed by atoms with Gasteiger partial charge in [0.25, 0.3) is 0 Å². The number of rotatable bonds is 5. The first-order chi connectivity index (χ1) is 9.08. The molecule has 1 aromatic carbocycles. The molecule has 0 aromatic heterocycles. The van der Waals surface area contributed by atoms with Crippen LogP contribution < -0.4 is 4.74 Å². The van der Waals surface area contributed by atoms with Crippen LogP contribution >= 0.6 is 0 Å². The average Bonchev–Trinajstić information content (AvgIpc) is 2.36. The van der Waals surface area contributed by atoms with Crippen molar-refractivity contribution in [2.75, 3.05) is 6.61 Å². The third kappa shape index (κ3) is 3.59. The Morgan fingerprint density at radius 1 is 1.21 bits per heavy atom. The number of ketones is 1. The predicted molar refractivity (Wildman–Crippen MR) is 77.8 cm³/mol. The van der Waals surface area contributed by atoms with E-state index >= 15 is 0 Å². The summed E-state index contributed by atoms with van der Waals surface area (Å²) < 4.78 is 5.96. The minimum Gasteiger partial charge on any atom is -0.493 e. The molecule has 1 atom stereocenters. The van der Waals surface area contributed by atoms with E-state index in [2.05, 4.69) is 20.8 Å². The average molecular weight is 260 g/mol. The molecule has 2 rings (SSSR count). The molecule has 0 spiro atoms. The molecule has 1 aliphatic rings. The second kappa shape index (κ2) is 6.23. The Morgan fingerprint density at radius 3 is 2.74 bits per heavy atom. The highest BCUT2D eigenvalue weighted by molar-refractivity contribution is 5.99. The van der Waals surface area contributed by atoms with Gasteiger partial charge in [0, 0.05) is 17.5 Å². The van der Waals surface area contributed by atoms with Gasteiger partial charge < -0.3 is 4.74 Å². The molecule has 1 aromatic rings. The van der Waals surface area contributed by atoms with Crippen molar-refractivity contribution in [3.63, 3.8) is 0 Å². The Hall–Kier alpha value is -1.31. The summed E-state index contributed by atoms with van der Waals surface area (Å²) >= 11 is 0. The molecule has 0 aliphatic heterocycles. The Labute approximate surface area is 116 Å². The van der Waals surface area contributed by atoms with Crippen molar-refractivity contribution in [3.05, 3.63) is 29.3 Å². The van der Waals surface area contributed by atoms with Gasteiger partial charge in [-0.2, -0.15) is 0 Å². The van der Waals surface area contributed by atoms with Crippen LogP contribution in [0.25, 0.3) is 0 Å². The highest BCUT2D eigenvalue weighted by atomic mass is 16.5. The van der Waals surface area contributed by atoms with E-state index < -0.39 is 0 Å². The fraction of sp³-hybridized carbons (Fsp3) is 0.588. The smallest absolute Gasteiger partial charge is 0.163 e. The van der Waals surface area contributed by atoms with E-state index in [9.17, 15) is 4.79 Å². The van der Waals surface area contributed by atoms with Crippen LogP contribution in [0.2, 0.25) is 0 Å². The van der Waals surface area contributed by atoms with E-state index in [0.717, 1.165) is 36.3 Å². The maximum atomic E-state index is 11.9. The molecule has 0 saturated heterocycles. The lowest BCUT2D eigenvalue weighted by Gasteiger charge is -2.20. The molecule has 0 heterocycles. The molecule has 1 aliphatic carbocycles. The molecule has 19 heavy (non-hydrogen) atoms. The zero-order chi connectivity index (χ0) is 13.8. The second-order valence-electron chi connectivity index (χ2n) is 6.10. The third-order valence-electron chi connectivity index (χ3n) is 3.66. The molecule has 0 amide bonds. The maximum absolute atomic E-state index is 11.9. The van der Waals surface area contributed by atoms with Crippen LogP contribution in [0.15, 0.2) is 18.2 Å². The number of Topliss-reactive ketones (excluding diaryl/α,β-unsaturated/α-hetero) is 1. The quantitative estimate of drug-likeness (QED) is 0.790. The fourth-order valence-corrected chi connectivity index (χ4v) is 2.89. The topological polar surface area (TPSA) is 26.3 Å². The molecule has 0 radical (unpaired) electrons. The van der Waals surface area contributed by atoms with Gasteiger partial charge in [0.2, 0.25) is 0 Å². The molecule has 0 N–H and O–H groups in total. The number of ether oxygens (including phenoxy) is 1. The van der Waals surface area contributed by atoms with E-state index in [1.807, 2.05) is 18.2 Å². The zero-order valence-electron chi connectivity index (χ0n) is 12.2. The number of hydrogen-bond donors (Lipinski definition) is 0. The van der Waals surface area contributed by atoms with Crippen LogP contribution in [0.3, 0.4) is 0 Å². The van der Waals surface area contributed by atoms with E-state index in [1.54, 1.807) is 0 Å². The Morgan fingerprint density at radius 2 is 2.00 bits per heavy atom. The summed E-state index contributed by atoms with van der Waals surface area (Å²) in [5, 5.41) is 0. The monoisotopic (exact) mass is 260 g/mol. The highest BCUT2D eigenvalue weighted by Crippen LogP contribution is 2.30. The van der Waals surface area contributed by atoms with E-state index in [0.29, 0.717) is 18.3 Å². The number of carbonyl (C=O) groups is 1. The molecular weight excluding hydrogens is 236 g/mol. The third-order valence-corrected chi connectivity index (χ3v) is 3.66. The fourth-order valence-electron chi connectivity index (χ4n) is 2.89. The molecule has 0 bridgehead atoms. The molecule has 0 fully saturated rings. The van der Waals surface area contributed by atoms with Crippen LogP contribution in [-0.2, 0) is 6.42 Å². The zero-order valence-corrected chi connectivity index (χ0v) is 12.2. The van der Waals surface area contributed by atoms with E-state index in [4.69, 9.17) is 4.74 Å². The largest absolute Gasteiger partial charge is 0.493 e. The summed E-state index contributed by atoms with van der Waals surface area (Å²) in [7, 11) is 0. The van der Waals surface area contributed by atoms with Crippen molar-refractivity contribution >= 4 is 5.78 Å². The number of benzene rings is 1. The number of fused-ring (bicyclic) bond motifs is 1. The van der Waals surface area contributed by atoms with Crippen molar-refractivity contribution < 1.29 is 9.53 Å². The van der Waals surface area contributed by atoms with Crippen molar-refractivity contribution in [1.29, 1.82) is 0 Å². The summed E-state index contributed by atoms with van der Waals surface area (Å²) in [5.41, 5.74) is 2.00. The van der Waals surface area contributed by atoms with Gasteiger partial charge in [-0.25, -0.2) is 0 Å². The lowest BCUT2D eigenvalue weighted by atomic mass is 9.90. The summed E-state index contributed by atoms with van der Waals surface area (Å²) in [6, 6.07) is 5.87. The van der Waals surface area contributed by atoms with Gasteiger partial charge >= 0.3 is 0 Å². The lowest BCUT2D eigenvalue weighted by Crippen LogP contribution is -2.15. The molecule has 0 saturated carbocycles. The number of carbonyl (C=O) groups excluding carboxylic acids is 1. The maximum Gasteiger partial charge on any atom is 0.163 e. The summed E-state index contributed by atoms with van der Waals surface area (Å²) in [5.74, 6) is 2.43. The lowest BCUT2D eigenvalue weighted by molar-refractivity contribution is 0.0971. The van der Waals surface area contributed by atoms with Crippen molar-refractivity contribution in [3.8, 4) is 5.75 Å². The predicted octanol–water partition coefficient (Wildman–Crippen LogP) is 4.27. The van der Waals surface area contributed by atoms with Crippen molar-refractivity contribution in [2.45, 2.75) is 46.5 Å². The summed E-state index contributed by atoms with van der Waals surface area (Å²) in [4.78, 5) is 11.9. The van der Waals surface area contributed by atoms with Crippen LogP contribution in [-0.4, -0.2) is 12.4 Å². The first-order valence-electron chi connectivity index (χ1n) is 7.35. The SMILES string of the molecule is CC(C)CC(C)COc1cccc2c1CCCC2=O. The van der Waals surface area contributed by atoms with Crippen LogP contribution in [0.5, 0.6) is 5.75 Å². The highest BCUT2D eigenvalue weighted by Gasteiger charge is 2.20. The number of hydrogen-bond acceptors (Lipinski definition) is 2. The first-order valence-corrected chi connectivity index (χ1v) is 7.35. The van der Waals surface area contributed by atoms with E-state index in [-0.39, 0.29) is 5.78 Å². The molecule has 104 valence electrons. The van der Waals surface area contributed by atoms with Crippen LogP contribution in [0.1, 0.15) is 56.0 Å². The minimum absolute atomic E-state index is 0.266. The molecule has 2 nitrogen and oxygen atoms in total. The Bertz CT molecular complexity index is 449. The standard InChI is InChI=1S/C17H24O2/c1-12(2)10-13(3)11-19-17-9-5-6-14-15(17)7-4-8-16(14)18/h5-6,9,12-13H,4,7-8,10-11H2,1-3H3.